The van der Waals surface area contributed by atoms with Crippen LogP contribution in [0.25, 0.3) is 0 Å². The highest BCUT2D eigenvalue weighted by Crippen LogP contribution is 2.34. The number of carbonyl (C=O) groups is 3. The molecule has 1 spiro atoms. The number of carbonyl (C=O) groups excluding carboxylic acids is 3. The molecular formula is C31H43N5O3. The maximum absolute atomic E-state index is 13.5. The molecule has 4 rings (SSSR count). The van der Waals surface area contributed by atoms with Crippen LogP contribution in [-0.4, -0.2) is 71.9 Å². The summed E-state index contributed by atoms with van der Waals surface area (Å²) in [5.41, 5.74) is 1.64. The van der Waals surface area contributed by atoms with Crippen molar-refractivity contribution in [2.75, 3.05) is 32.7 Å². The van der Waals surface area contributed by atoms with Crippen LogP contribution in [0.3, 0.4) is 0 Å². The number of hydrogen-bond donors (Lipinski definition) is 3. The Balaban J connectivity index is 1.21. The van der Waals surface area contributed by atoms with E-state index in [9.17, 15) is 14.4 Å². The van der Waals surface area contributed by atoms with Crippen LogP contribution in [0.5, 0.6) is 0 Å². The highest BCUT2D eigenvalue weighted by molar-refractivity contribution is 6.00. The maximum Gasteiger partial charge on any atom is 0.315 e. The summed E-state index contributed by atoms with van der Waals surface area (Å²) in [5.74, 6) is 0.0458. The van der Waals surface area contributed by atoms with Crippen LogP contribution in [0.15, 0.2) is 60.7 Å². The molecule has 0 bridgehead atoms. The predicted octanol–water partition coefficient (Wildman–Crippen LogP) is 3.47. The van der Waals surface area contributed by atoms with Crippen LogP contribution >= 0.6 is 0 Å². The first-order valence-electron chi connectivity index (χ1n) is 14.5. The van der Waals surface area contributed by atoms with E-state index in [0.29, 0.717) is 38.9 Å². The summed E-state index contributed by atoms with van der Waals surface area (Å²) >= 11 is 0. The average molecular weight is 534 g/mol. The first-order valence-corrected chi connectivity index (χ1v) is 14.5. The number of piperidine rings is 1. The molecule has 0 radical (unpaired) electrons. The molecule has 2 aromatic rings. The van der Waals surface area contributed by atoms with E-state index in [0.717, 1.165) is 50.9 Å². The molecule has 8 nitrogen and oxygen atoms in total. The number of unbranched alkanes of at least 4 members (excludes halogenated alkanes) is 1. The Bertz CT molecular complexity index is 1070. The standard InChI is InChI=1S/C31H43N5O3/c1-2-20-36-28(37)27(15-9-10-19-32-30(39)33-24-26-13-7-4-8-14-26)34-29(38)31(36)17-22-35(23-18-31)21-16-25-11-5-3-6-12-25/h3-8,11-14,27H,2,9-10,15-24H2,1H3,(H,34,38)(H2,32,33,39). The van der Waals surface area contributed by atoms with Crippen LogP contribution in [0.2, 0.25) is 0 Å². The number of hydrogen-bond acceptors (Lipinski definition) is 4. The van der Waals surface area contributed by atoms with Gasteiger partial charge in [0.15, 0.2) is 0 Å². The van der Waals surface area contributed by atoms with Crippen LogP contribution in [0.4, 0.5) is 4.79 Å². The van der Waals surface area contributed by atoms with Gasteiger partial charge in [0, 0.05) is 39.3 Å². The van der Waals surface area contributed by atoms with Crippen LogP contribution in [0, 0.1) is 0 Å². The molecule has 1 unspecified atom stereocenters. The van der Waals surface area contributed by atoms with Gasteiger partial charge in [0.05, 0.1) is 0 Å². The number of nitrogens with one attached hydrogen (secondary N) is 3. The summed E-state index contributed by atoms with van der Waals surface area (Å²) < 4.78 is 0. The topological polar surface area (TPSA) is 93.8 Å². The second-order valence-corrected chi connectivity index (χ2v) is 10.7. The Hall–Kier alpha value is -3.39. The Kier molecular flexibility index (Phi) is 10.4. The molecule has 4 amide bonds. The summed E-state index contributed by atoms with van der Waals surface area (Å²) in [7, 11) is 0. The van der Waals surface area contributed by atoms with Gasteiger partial charge in [0.1, 0.15) is 11.6 Å². The Morgan fingerprint density at radius 2 is 1.59 bits per heavy atom. The van der Waals surface area contributed by atoms with E-state index in [4.69, 9.17) is 0 Å². The molecule has 0 aliphatic carbocycles. The third kappa shape index (κ3) is 7.60. The van der Waals surface area contributed by atoms with Gasteiger partial charge in [-0.3, -0.25) is 9.59 Å². The summed E-state index contributed by atoms with van der Waals surface area (Å²) in [4.78, 5) is 43.4. The van der Waals surface area contributed by atoms with Crippen LogP contribution in [0.1, 0.15) is 56.6 Å². The molecule has 1 atom stereocenters. The van der Waals surface area contributed by atoms with E-state index in [1.54, 1.807) is 0 Å². The van der Waals surface area contributed by atoms with Gasteiger partial charge in [-0.05, 0) is 56.1 Å². The lowest BCUT2D eigenvalue weighted by Gasteiger charge is -2.51. The van der Waals surface area contributed by atoms with E-state index in [1.807, 2.05) is 41.3 Å². The van der Waals surface area contributed by atoms with Crippen molar-refractivity contribution >= 4 is 17.8 Å². The van der Waals surface area contributed by atoms with Gasteiger partial charge in [-0.15, -0.1) is 0 Å². The fourth-order valence-electron chi connectivity index (χ4n) is 5.71. The largest absolute Gasteiger partial charge is 0.342 e. The fourth-order valence-corrected chi connectivity index (χ4v) is 5.71. The second kappa shape index (κ2) is 14.1. The lowest BCUT2D eigenvalue weighted by Crippen LogP contribution is -2.72. The second-order valence-electron chi connectivity index (χ2n) is 10.7. The number of piperazine rings is 1. The zero-order chi connectivity index (χ0) is 27.5. The van der Waals surface area contributed by atoms with Gasteiger partial charge in [-0.1, -0.05) is 67.6 Å². The molecule has 2 saturated heterocycles. The molecule has 210 valence electrons. The van der Waals surface area contributed by atoms with E-state index in [2.05, 4.69) is 52.0 Å². The molecule has 0 saturated carbocycles. The first kappa shape index (κ1) is 28.6. The summed E-state index contributed by atoms with van der Waals surface area (Å²) in [5, 5.41) is 8.80. The van der Waals surface area contributed by atoms with Gasteiger partial charge in [-0.25, -0.2) is 4.79 Å². The van der Waals surface area contributed by atoms with Crippen molar-refractivity contribution in [3.8, 4) is 0 Å². The van der Waals surface area contributed by atoms with Gasteiger partial charge >= 0.3 is 6.03 Å². The van der Waals surface area contributed by atoms with E-state index >= 15 is 0 Å². The van der Waals surface area contributed by atoms with Crippen molar-refractivity contribution in [3.63, 3.8) is 0 Å². The molecule has 2 aliphatic heterocycles. The van der Waals surface area contributed by atoms with Crippen molar-refractivity contribution in [1.29, 1.82) is 0 Å². The van der Waals surface area contributed by atoms with Crippen LogP contribution in [-0.2, 0) is 22.6 Å². The maximum atomic E-state index is 13.5. The Morgan fingerprint density at radius 1 is 0.923 bits per heavy atom. The Morgan fingerprint density at radius 3 is 2.26 bits per heavy atom. The molecule has 2 fully saturated rings. The number of urea groups is 1. The normalized spacial score (nSPS) is 19.1. The van der Waals surface area contributed by atoms with Crippen molar-refractivity contribution in [2.24, 2.45) is 0 Å². The molecule has 3 N–H and O–H groups in total. The van der Waals surface area contributed by atoms with Gasteiger partial charge in [0.25, 0.3) is 0 Å². The minimum absolute atomic E-state index is 0.00155. The van der Waals surface area contributed by atoms with E-state index < -0.39 is 11.6 Å². The molecule has 2 aliphatic rings. The minimum Gasteiger partial charge on any atom is -0.342 e. The van der Waals surface area contributed by atoms with Crippen LogP contribution < -0.4 is 16.0 Å². The summed E-state index contributed by atoms with van der Waals surface area (Å²) in [6.45, 7) is 6.27. The minimum atomic E-state index is -0.731. The van der Waals surface area contributed by atoms with Crippen molar-refractivity contribution in [3.05, 3.63) is 71.8 Å². The third-order valence-corrected chi connectivity index (χ3v) is 8.00. The average Bonchev–Trinajstić information content (AvgIpc) is 2.97. The number of rotatable bonds is 12. The zero-order valence-corrected chi connectivity index (χ0v) is 23.2. The summed E-state index contributed by atoms with van der Waals surface area (Å²) in [6, 6.07) is 19.6. The molecular weight excluding hydrogens is 490 g/mol. The van der Waals surface area contributed by atoms with E-state index in [1.165, 1.54) is 5.56 Å². The first-order chi connectivity index (χ1) is 19.0. The highest BCUT2D eigenvalue weighted by Gasteiger charge is 2.52. The van der Waals surface area contributed by atoms with Gasteiger partial charge < -0.3 is 25.8 Å². The number of likely N-dealkylation sites (tertiary alicyclic amines) is 1. The lowest BCUT2D eigenvalue weighted by atomic mass is 9.81. The molecule has 2 heterocycles. The van der Waals surface area contributed by atoms with E-state index in [-0.39, 0.29) is 17.8 Å². The fraction of sp³-hybridized carbons (Fsp3) is 0.516. The smallest absolute Gasteiger partial charge is 0.315 e. The van der Waals surface area contributed by atoms with Crippen molar-refractivity contribution in [1.82, 2.24) is 25.8 Å². The molecule has 2 aromatic carbocycles. The Labute approximate surface area is 232 Å². The quantitative estimate of drug-likeness (QED) is 0.364. The van der Waals surface area contributed by atoms with Gasteiger partial charge in [-0.2, -0.15) is 0 Å². The predicted molar refractivity (Wildman–Crippen MR) is 153 cm³/mol. The monoisotopic (exact) mass is 533 g/mol. The SMILES string of the molecule is CCCN1C(=O)C(CCCCNC(=O)NCc2ccccc2)NC(=O)C12CCN(CCc1ccccc1)CC2. The van der Waals surface area contributed by atoms with Crippen molar-refractivity contribution < 1.29 is 14.4 Å². The zero-order valence-electron chi connectivity index (χ0n) is 23.2. The summed E-state index contributed by atoms with van der Waals surface area (Å²) in [6.07, 6.45) is 5.24. The lowest BCUT2D eigenvalue weighted by molar-refractivity contribution is -0.161. The number of benzene rings is 2. The third-order valence-electron chi connectivity index (χ3n) is 8.00. The molecule has 0 aromatic heterocycles. The number of nitrogens with zero attached hydrogens (tertiary/aromatic N) is 2. The highest BCUT2D eigenvalue weighted by atomic mass is 16.2. The van der Waals surface area contributed by atoms with Crippen molar-refractivity contribution in [2.45, 2.75) is 70.0 Å². The molecule has 8 heteroatoms. The number of amides is 4. The molecule has 39 heavy (non-hydrogen) atoms. The van der Waals surface area contributed by atoms with Gasteiger partial charge in [0.2, 0.25) is 11.8 Å².